The summed E-state index contributed by atoms with van der Waals surface area (Å²) in [6, 6.07) is 0. The predicted octanol–water partition coefficient (Wildman–Crippen LogP) is 20.2. The Morgan fingerprint density at radius 3 is 0.855 bits per heavy atom. The van der Waals surface area contributed by atoms with E-state index in [4.69, 9.17) is 14.2 Å². The molecule has 6 heteroatoms. The van der Waals surface area contributed by atoms with Crippen molar-refractivity contribution in [3.8, 4) is 0 Å². The van der Waals surface area contributed by atoms with Crippen LogP contribution < -0.4 is 0 Å². The lowest BCUT2D eigenvalue weighted by Gasteiger charge is -2.18. The standard InChI is InChI=1S/C63H114O6/c1-4-7-10-13-16-19-22-25-28-30-31-33-35-38-41-44-47-50-53-56-62(65)68-59-60(58-67-61(64)55-52-49-46-43-40-37-34-27-24-21-18-15-12-9-6-3)69-63(66)57-54-51-48-45-42-39-36-32-29-26-23-20-17-14-11-8-5-2/h17,20,26-27,29,34,36,39,60H,4-16,18-19,21-25,28,30-33,35,37-38,40-59H2,1-3H3/b20-17-,29-26-,34-27-,39-36-/t60-/m1/s1. The van der Waals surface area contributed by atoms with Crippen LogP contribution in [0.2, 0.25) is 0 Å². The number of carbonyl (C=O) groups excluding carboxylic acids is 3. The monoisotopic (exact) mass is 967 g/mol. The van der Waals surface area contributed by atoms with Gasteiger partial charge in [-0.3, -0.25) is 14.4 Å². The van der Waals surface area contributed by atoms with E-state index in [0.29, 0.717) is 19.3 Å². The zero-order chi connectivity index (χ0) is 50.0. The number of ether oxygens (including phenoxy) is 3. The molecular formula is C63H114O6. The zero-order valence-electron chi connectivity index (χ0n) is 46.1. The summed E-state index contributed by atoms with van der Waals surface area (Å²) >= 11 is 0. The average molecular weight is 968 g/mol. The summed E-state index contributed by atoms with van der Waals surface area (Å²) in [4.78, 5) is 38.2. The molecule has 0 rings (SSSR count). The molecule has 0 fully saturated rings. The van der Waals surface area contributed by atoms with Crippen LogP contribution in [-0.4, -0.2) is 37.2 Å². The highest BCUT2D eigenvalue weighted by molar-refractivity contribution is 5.71. The first-order valence-corrected chi connectivity index (χ1v) is 30.1. The van der Waals surface area contributed by atoms with Gasteiger partial charge in [0.25, 0.3) is 0 Å². The van der Waals surface area contributed by atoms with Gasteiger partial charge >= 0.3 is 17.9 Å². The largest absolute Gasteiger partial charge is 0.462 e. The van der Waals surface area contributed by atoms with Crippen LogP contribution in [0.4, 0.5) is 0 Å². The lowest BCUT2D eigenvalue weighted by molar-refractivity contribution is -0.167. The lowest BCUT2D eigenvalue weighted by atomic mass is 10.0. The third-order valence-corrected chi connectivity index (χ3v) is 13.3. The van der Waals surface area contributed by atoms with Crippen molar-refractivity contribution in [2.45, 2.75) is 322 Å². The molecule has 0 aromatic carbocycles. The molecule has 0 radical (unpaired) electrons. The van der Waals surface area contributed by atoms with Crippen LogP contribution in [-0.2, 0) is 28.6 Å². The maximum absolute atomic E-state index is 12.9. The van der Waals surface area contributed by atoms with E-state index >= 15 is 0 Å². The Bertz CT molecular complexity index is 1200. The summed E-state index contributed by atoms with van der Waals surface area (Å²) in [5.74, 6) is -0.895. The fraction of sp³-hybridized carbons (Fsp3) is 0.825. The molecule has 0 aliphatic rings. The van der Waals surface area contributed by atoms with Gasteiger partial charge in [0.15, 0.2) is 6.10 Å². The van der Waals surface area contributed by atoms with Gasteiger partial charge in [0.1, 0.15) is 13.2 Å². The molecule has 0 aromatic rings. The van der Waals surface area contributed by atoms with Crippen molar-refractivity contribution < 1.29 is 28.6 Å². The van der Waals surface area contributed by atoms with Gasteiger partial charge in [-0.2, -0.15) is 0 Å². The van der Waals surface area contributed by atoms with E-state index in [-0.39, 0.29) is 31.1 Å². The van der Waals surface area contributed by atoms with Crippen molar-refractivity contribution in [3.63, 3.8) is 0 Å². The Morgan fingerprint density at radius 2 is 0.522 bits per heavy atom. The molecule has 1 atom stereocenters. The average Bonchev–Trinajstić information content (AvgIpc) is 3.35. The Balaban J connectivity index is 4.38. The van der Waals surface area contributed by atoms with Gasteiger partial charge < -0.3 is 14.2 Å². The second-order valence-electron chi connectivity index (χ2n) is 20.3. The summed E-state index contributed by atoms with van der Waals surface area (Å²) in [6.07, 6.45) is 71.0. The van der Waals surface area contributed by atoms with E-state index < -0.39 is 6.10 Å². The quantitative estimate of drug-likeness (QED) is 0.0262. The van der Waals surface area contributed by atoms with Crippen molar-refractivity contribution >= 4 is 17.9 Å². The molecule has 0 aliphatic heterocycles. The molecule has 0 heterocycles. The summed E-state index contributed by atoms with van der Waals surface area (Å²) in [5, 5.41) is 0. The minimum Gasteiger partial charge on any atom is -0.462 e. The van der Waals surface area contributed by atoms with Crippen molar-refractivity contribution in [2.24, 2.45) is 0 Å². The Hall–Kier alpha value is -2.63. The van der Waals surface area contributed by atoms with Crippen LogP contribution in [0, 0.1) is 0 Å². The number of hydrogen-bond acceptors (Lipinski definition) is 6. The Morgan fingerprint density at radius 1 is 0.290 bits per heavy atom. The molecule has 0 saturated carbocycles. The molecule has 402 valence electrons. The molecule has 0 amide bonds. The van der Waals surface area contributed by atoms with Crippen molar-refractivity contribution in [3.05, 3.63) is 48.6 Å². The van der Waals surface area contributed by atoms with Crippen LogP contribution in [0.5, 0.6) is 0 Å². The summed E-state index contributed by atoms with van der Waals surface area (Å²) in [5.41, 5.74) is 0. The molecule has 0 aliphatic carbocycles. The van der Waals surface area contributed by atoms with Crippen LogP contribution in [0.15, 0.2) is 48.6 Å². The topological polar surface area (TPSA) is 78.9 Å². The van der Waals surface area contributed by atoms with Crippen molar-refractivity contribution in [1.82, 2.24) is 0 Å². The van der Waals surface area contributed by atoms with Gasteiger partial charge in [0, 0.05) is 19.3 Å². The molecule has 0 N–H and O–H groups in total. The lowest BCUT2D eigenvalue weighted by Crippen LogP contribution is -2.30. The molecule has 0 saturated heterocycles. The maximum Gasteiger partial charge on any atom is 0.306 e. The number of allylic oxidation sites excluding steroid dienone is 8. The van der Waals surface area contributed by atoms with Gasteiger partial charge in [0.2, 0.25) is 0 Å². The predicted molar refractivity (Wildman–Crippen MR) is 298 cm³/mol. The van der Waals surface area contributed by atoms with E-state index in [1.807, 2.05) is 0 Å². The van der Waals surface area contributed by atoms with Crippen LogP contribution in [0.1, 0.15) is 316 Å². The summed E-state index contributed by atoms with van der Waals surface area (Å²) in [6.45, 7) is 6.62. The number of esters is 3. The third kappa shape index (κ3) is 56.2. The normalized spacial score (nSPS) is 12.3. The fourth-order valence-electron chi connectivity index (χ4n) is 8.74. The maximum atomic E-state index is 12.9. The fourth-order valence-corrected chi connectivity index (χ4v) is 8.74. The van der Waals surface area contributed by atoms with E-state index in [1.54, 1.807) is 0 Å². The second-order valence-corrected chi connectivity index (χ2v) is 20.3. The first-order chi connectivity index (χ1) is 34.0. The van der Waals surface area contributed by atoms with E-state index in [0.717, 1.165) is 89.9 Å². The summed E-state index contributed by atoms with van der Waals surface area (Å²) in [7, 11) is 0. The SMILES string of the molecule is CCCCC/C=C\C/C=C\C/C=C\CCCCCCC(=O)O[C@H](COC(=O)CCCCCCC/C=C\CCCCCCCC)COC(=O)CCCCCCCCCCCCCCCCCCCCC. The Labute approximate surface area is 428 Å². The second kappa shape index (κ2) is 57.9. The van der Waals surface area contributed by atoms with Crippen molar-refractivity contribution in [2.75, 3.05) is 13.2 Å². The van der Waals surface area contributed by atoms with E-state index in [1.165, 1.54) is 186 Å². The zero-order valence-corrected chi connectivity index (χ0v) is 46.1. The number of unbranched alkanes of at least 4 members (excludes halogenated alkanes) is 36. The minimum atomic E-state index is -0.786. The van der Waals surface area contributed by atoms with E-state index in [2.05, 4.69) is 69.4 Å². The summed E-state index contributed by atoms with van der Waals surface area (Å²) < 4.78 is 16.9. The Kier molecular flexibility index (Phi) is 55.7. The first kappa shape index (κ1) is 66.4. The van der Waals surface area contributed by atoms with Crippen molar-refractivity contribution in [1.29, 1.82) is 0 Å². The highest BCUT2D eigenvalue weighted by Gasteiger charge is 2.19. The molecule has 6 nitrogen and oxygen atoms in total. The molecular weight excluding hydrogens is 853 g/mol. The highest BCUT2D eigenvalue weighted by atomic mass is 16.6. The molecule has 0 bridgehead atoms. The number of rotatable bonds is 55. The minimum absolute atomic E-state index is 0.0817. The number of hydrogen-bond donors (Lipinski definition) is 0. The molecule has 69 heavy (non-hydrogen) atoms. The van der Waals surface area contributed by atoms with Crippen LogP contribution >= 0.6 is 0 Å². The molecule has 0 unspecified atom stereocenters. The first-order valence-electron chi connectivity index (χ1n) is 30.1. The van der Waals surface area contributed by atoms with Gasteiger partial charge in [-0.25, -0.2) is 0 Å². The number of carbonyl (C=O) groups is 3. The van der Waals surface area contributed by atoms with Crippen LogP contribution in [0.3, 0.4) is 0 Å². The smallest absolute Gasteiger partial charge is 0.306 e. The van der Waals surface area contributed by atoms with Gasteiger partial charge in [0.05, 0.1) is 0 Å². The van der Waals surface area contributed by atoms with Crippen LogP contribution in [0.25, 0.3) is 0 Å². The third-order valence-electron chi connectivity index (χ3n) is 13.3. The van der Waals surface area contributed by atoms with Gasteiger partial charge in [-0.1, -0.05) is 262 Å². The molecule has 0 aromatic heterocycles. The van der Waals surface area contributed by atoms with E-state index in [9.17, 15) is 14.4 Å². The molecule has 0 spiro atoms. The highest BCUT2D eigenvalue weighted by Crippen LogP contribution is 2.16. The van der Waals surface area contributed by atoms with Gasteiger partial charge in [-0.15, -0.1) is 0 Å². The van der Waals surface area contributed by atoms with Gasteiger partial charge in [-0.05, 0) is 83.5 Å².